The molecule has 0 aliphatic carbocycles. The largest absolute Gasteiger partial charge is 0.352 e. The molecule has 1 amide bonds. The van der Waals surface area contributed by atoms with Crippen molar-refractivity contribution in [3.05, 3.63) is 23.9 Å². The second kappa shape index (κ2) is 4.54. The molecule has 2 bridgehead atoms. The fourth-order valence-corrected chi connectivity index (χ4v) is 3.24. The second-order valence-corrected chi connectivity index (χ2v) is 5.23. The number of rotatable bonds is 1. The topological polar surface area (TPSA) is 60.2 Å². The number of hydrogen-bond acceptors (Lipinski definition) is 4. The predicted octanol–water partition coefficient (Wildman–Crippen LogP) is 1.15. The van der Waals surface area contributed by atoms with Crippen LogP contribution in [0.15, 0.2) is 18.3 Å². The highest BCUT2D eigenvalue weighted by molar-refractivity contribution is 5.75. The van der Waals surface area contributed by atoms with Crippen molar-refractivity contribution in [2.24, 2.45) is 0 Å². The molecule has 2 aliphatic heterocycles. The second-order valence-electron chi connectivity index (χ2n) is 5.23. The molecule has 2 atom stereocenters. The van der Waals surface area contributed by atoms with Gasteiger partial charge in [-0.15, -0.1) is 0 Å². The summed E-state index contributed by atoms with van der Waals surface area (Å²) < 4.78 is 0. The summed E-state index contributed by atoms with van der Waals surface area (Å²) in [5.41, 5.74) is 0.578. The van der Waals surface area contributed by atoms with Crippen LogP contribution in [0.1, 0.15) is 25.3 Å². The van der Waals surface area contributed by atoms with E-state index in [9.17, 15) is 4.79 Å². The maximum Gasteiger partial charge on any atom is 0.220 e. The lowest BCUT2D eigenvalue weighted by molar-refractivity contribution is -0.132. The van der Waals surface area contributed by atoms with Crippen LogP contribution in [-0.4, -0.2) is 41.0 Å². The molecule has 0 radical (unpaired) electrons. The lowest BCUT2D eigenvalue weighted by atomic mass is 10.2. The Hall–Kier alpha value is -2.09. The molecule has 2 fully saturated rings. The molecule has 19 heavy (non-hydrogen) atoms. The highest BCUT2D eigenvalue weighted by atomic mass is 16.2. The first-order valence-corrected chi connectivity index (χ1v) is 6.59. The molecular weight excluding hydrogens is 240 g/mol. The SMILES string of the molecule is CC(=O)N1C2CCC1CN(c1ccc(C#N)cn1)C2. The molecule has 1 aromatic rings. The first-order valence-electron chi connectivity index (χ1n) is 6.59. The van der Waals surface area contributed by atoms with Crippen LogP contribution >= 0.6 is 0 Å². The maximum absolute atomic E-state index is 11.6. The van der Waals surface area contributed by atoms with Crippen molar-refractivity contribution in [1.29, 1.82) is 5.26 Å². The van der Waals surface area contributed by atoms with E-state index in [1.807, 2.05) is 11.0 Å². The van der Waals surface area contributed by atoms with Crippen LogP contribution < -0.4 is 4.90 Å². The normalized spacial score (nSPS) is 25.3. The number of aromatic nitrogens is 1. The van der Waals surface area contributed by atoms with Crippen LogP contribution in [0.2, 0.25) is 0 Å². The summed E-state index contributed by atoms with van der Waals surface area (Å²) in [5.74, 6) is 1.08. The smallest absolute Gasteiger partial charge is 0.220 e. The number of anilines is 1. The van der Waals surface area contributed by atoms with Gasteiger partial charge in [0, 0.05) is 38.3 Å². The number of pyridine rings is 1. The number of amides is 1. The quantitative estimate of drug-likeness (QED) is 0.756. The van der Waals surface area contributed by atoms with E-state index in [-0.39, 0.29) is 5.91 Å². The van der Waals surface area contributed by atoms with Gasteiger partial charge in [0.2, 0.25) is 5.91 Å². The fraction of sp³-hybridized carbons (Fsp3) is 0.500. The van der Waals surface area contributed by atoms with Crippen molar-refractivity contribution >= 4 is 11.7 Å². The summed E-state index contributed by atoms with van der Waals surface area (Å²) in [7, 11) is 0. The Bertz CT molecular complexity index is 519. The summed E-state index contributed by atoms with van der Waals surface area (Å²) >= 11 is 0. The van der Waals surface area contributed by atoms with Gasteiger partial charge >= 0.3 is 0 Å². The van der Waals surface area contributed by atoms with Gasteiger partial charge < -0.3 is 9.80 Å². The van der Waals surface area contributed by atoms with Crippen molar-refractivity contribution in [3.63, 3.8) is 0 Å². The van der Waals surface area contributed by atoms with Gasteiger partial charge in [0.15, 0.2) is 0 Å². The van der Waals surface area contributed by atoms with Gasteiger partial charge in [-0.1, -0.05) is 0 Å². The maximum atomic E-state index is 11.6. The Labute approximate surface area is 112 Å². The molecule has 3 heterocycles. The number of carbonyl (C=O) groups excluding carboxylic acids is 1. The molecule has 2 saturated heterocycles. The van der Waals surface area contributed by atoms with Crippen LogP contribution in [0, 0.1) is 11.3 Å². The van der Waals surface area contributed by atoms with E-state index in [0.717, 1.165) is 31.7 Å². The van der Waals surface area contributed by atoms with Crippen LogP contribution in [0.4, 0.5) is 5.82 Å². The van der Waals surface area contributed by atoms with Crippen molar-refractivity contribution in [2.45, 2.75) is 31.8 Å². The van der Waals surface area contributed by atoms with Crippen molar-refractivity contribution in [3.8, 4) is 6.07 Å². The Morgan fingerprint density at radius 1 is 1.37 bits per heavy atom. The molecule has 0 spiro atoms. The average Bonchev–Trinajstić information content (AvgIpc) is 2.70. The zero-order valence-electron chi connectivity index (χ0n) is 10.9. The molecule has 3 rings (SSSR count). The zero-order valence-corrected chi connectivity index (χ0v) is 10.9. The minimum absolute atomic E-state index is 0.180. The highest BCUT2D eigenvalue weighted by Gasteiger charge is 2.41. The van der Waals surface area contributed by atoms with Gasteiger partial charge in [-0.05, 0) is 25.0 Å². The number of nitriles is 1. The Kier molecular flexibility index (Phi) is 2.86. The first kappa shape index (κ1) is 12.0. The summed E-state index contributed by atoms with van der Waals surface area (Å²) in [6.07, 6.45) is 3.77. The van der Waals surface area contributed by atoms with E-state index < -0.39 is 0 Å². The third kappa shape index (κ3) is 2.03. The molecule has 2 aliphatic rings. The average molecular weight is 256 g/mol. The number of carbonyl (C=O) groups is 1. The standard InChI is InChI=1S/C14H16N4O/c1-10(19)18-12-3-4-13(18)9-17(8-12)14-5-2-11(6-15)7-16-14/h2,5,7,12-13H,3-4,8-9H2,1H3. The number of piperazine rings is 1. The zero-order chi connectivity index (χ0) is 13.4. The summed E-state index contributed by atoms with van der Waals surface area (Å²) in [6, 6.07) is 6.39. The van der Waals surface area contributed by atoms with Crippen LogP contribution in [-0.2, 0) is 4.79 Å². The Morgan fingerprint density at radius 2 is 2.05 bits per heavy atom. The molecule has 2 unspecified atom stereocenters. The van der Waals surface area contributed by atoms with Gasteiger partial charge in [-0.2, -0.15) is 5.26 Å². The lowest BCUT2D eigenvalue weighted by Gasteiger charge is -2.41. The number of hydrogen-bond donors (Lipinski definition) is 0. The minimum atomic E-state index is 0.180. The molecular formula is C14H16N4O. The Balaban J connectivity index is 1.79. The third-order valence-corrected chi connectivity index (χ3v) is 4.05. The van der Waals surface area contributed by atoms with Crippen LogP contribution in [0.25, 0.3) is 0 Å². The van der Waals surface area contributed by atoms with E-state index in [2.05, 4.69) is 16.0 Å². The van der Waals surface area contributed by atoms with Gasteiger partial charge in [-0.25, -0.2) is 4.98 Å². The van der Waals surface area contributed by atoms with Gasteiger partial charge in [0.25, 0.3) is 0 Å². The number of nitrogens with zero attached hydrogens (tertiary/aromatic N) is 4. The van der Waals surface area contributed by atoms with Gasteiger partial charge in [-0.3, -0.25) is 4.79 Å². The monoisotopic (exact) mass is 256 g/mol. The predicted molar refractivity (Wildman–Crippen MR) is 70.5 cm³/mol. The molecule has 5 nitrogen and oxygen atoms in total. The van der Waals surface area contributed by atoms with Gasteiger partial charge in [0.05, 0.1) is 5.56 Å². The first-order chi connectivity index (χ1) is 9.19. The molecule has 1 aromatic heterocycles. The molecule has 0 saturated carbocycles. The lowest BCUT2D eigenvalue weighted by Crippen LogP contribution is -2.55. The van der Waals surface area contributed by atoms with E-state index >= 15 is 0 Å². The molecule has 98 valence electrons. The minimum Gasteiger partial charge on any atom is -0.352 e. The van der Waals surface area contributed by atoms with Crippen molar-refractivity contribution in [2.75, 3.05) is 18.0 Å². The van der Waals surface area contributed by atoms with Crippen LogP contribution in [0.5, 0.6) is 0 Å². The highest BCUT2D eigenvalue weighted by Crippen LogP contribution is 2.31. The van der Waals surface area contributed by atoms with E-state index in [1.54, 1.807) is 19.2 Å². The summed E-state index contributed by atoms with van der Waals surface area (Å²) in [4.78, 5) is 20.2. The van der Waals surface area contributed by atoms with Crippen LogP contribution in [0.3, 0.4) is 0 Å². The van der Waals surface area contributed by atoms with E-state index in [4.69, 9.17) is 5.26 Å². The number of fused-ring (bicyclic) bond motifs is 2. The van der Waals surface area contributed by atoms with E-state index in [0.29, 0.717) is 17.6 Å². The summed E-state index contributed by atoms with van der Waals surface area (Å²) in [5, 5.41) is 8.78. The van der Waals surface area contributed by atoms with Crippen molar-refractivity contribution < 1.29 is 4.79 Å². The fourth-order valence-electron chi connectivity index (χ4n) is 3.24. The molecule has 0 N–H and O–H groups in total. The van der Waals surface area contributed by atoms with E-state index in [1.165, 1.54) is 0 Å². The third-order valence-electron chi connectivity index (χ3n) is 4.05. The molecule has 0 aromatic carbocycles. The Morgan fingerprint density at radius 3 is 2.53 bits per heavy atom. The van der Waals surface area contributed by atoms with Crippen molar-refractivity contribution in [1.82, 2.24) is 9.88 Å². The van der Waals surface area contributed by atoms with Gasteiger partial charge in [0.1, 0.15) is 11.9 Å². The molecule has 5 heteroatoms. The summed E-state index contributed by atoms with van der Waals surface area (Å²) in [6.45, 7) is 3.34.